The third-order valence-corrected chi connectivity index (χ3v) is 3.04. The number of ether oxygens (including phenoxy) is 1. The number of carbonyl (C=O) groups is 1. The summed E-state index contributed by atoms with van der Waals surface area (Å²) in [5, 5.41) is 1.02. The highest BCUT2D eigenvalue weighted by molar-refractivity contribution is 5.97. The largest absolute Gasteiger partial charge is 0.495 e. The molecule has 0 bridgehead atoms. The number of carbonyl (C=O) groups excluding carboxylic acids is 1. The van der Waals surface area contributed by atoms with E-state index in [1.165, 1.54) is 6.92 Å². The molecular weight excluding hydrogens is 228 g/mol. The van der Waals surface area contributed by atoms with Crippen molar-refractivity contribution in [2.75, 3.05) is 7.11 Å². The van der Waals surface area contributed by atoms with E-state index in [0.717, 1.165) is 22.3 Å². The van der Waals surface area contributed by atoms with E-state index in [2.05, 4.69) is 4.98 Å². The maximum Gasteiger partial charge on any atom is 0.178 e. The zero-order valence-corrected chi connectivity index (χ0v) is 10.2. The number of ketones is 1. The van der Waals surface area contributed by atoms with Crippen LogP contribution in [-0.2, 0) is 0 Å². The Hall–Kier alpha value is -2.36. The molecule has 4 nitrogen and oxygen atoms in total. The SMILES string of the molecule is COc1cccc2ccc3ncc(C(C)=O)n3c12. The summed E-state index contributed by atoms with van der Waals surface area (Å²) >= 11 is 0. The minimum atomic E-state index is -0.0130. The van der Waals surface area contributed by atoms with Gasteiger partial charge in [0.15, 0.2) is 5.78 Å². The van der Waals surface area contributed by atoms with Crippen molar-refractivity contribution in [2.24, 2.45) is 0 Å². The summed E-state index contributed by atoms with van der Waals surface area (Å²) in [7, 11) is 1.62. The van der Waals surface area contributed by atoms with E-state index in [0.29, 0.717) is 5.69 Å². The van der Waals surface area contributed by atoms with Crippen LogP contribution in [-0.4, -0.2) is 22.3 Å². The van der Waals surface area contributed by atoms with Crippen LogP contribution in [0.25, 0.3) is 16.6 Å². The fourth-order valence-corrected chi connectivity index (χ4v) is 2.21. The van der Waals surface area contributed by atoms with E-state index < -0.39 is 0 Å². The Kier molecular flexibility index (Phi) is 2.30. The second kappa shape index (κ2) is 3.84. The molecule has 0 fully saturated rings. The van der Waals surface area contributed by atoms with Crippen LogP contribution in [0.1, 0.15) is 17.4 Å². The lowest BCUT2D eigenvalue weighted by molar-refractivity contribution is 0.101. The van der Waals surface area contributed by atoms with Gasteiger partial charge in [0, 0.05) is 12.3 Å². The van der Waals surface area contributed by atoms with Crippen LogP contribution in [0.4, 0.5) is 0 Å². The van der Waals surface area contributed by atoms with Gasteiger partial charge in [-0.1, -0.05) is 12.1 Å². The van der Waals surface area contributed by atoms with Crippen LogP contribution < -0.4 is 4.74 Å². The third-order valence-electron chi connectivity index (χ3n) is 3.04. The molecule has 0 aliphatic heterocycles. The second-order valence-corrected chi connectivity index (χ2v) is 4.12. The first kappa shape index (κ1) is 10.8. The van der Waals surface area contributed by atoms with E-state index in [-0.39, 0.29) is 5.78 Å². The van der Waals surface area contributed by atoms with Crippen LogP contribution in [0.5, 0.6) is 5.75 Å². The molecule has 0 N–H and O–H groups in total. The normalized spacial score (nSPS) is 11.0. The molecule has 4 heteroatoms. The topological polar surface area (TPSA) is 43.6 Å². The standard InChI is InChI=1S/C14H12N2O2/c1-9(17)11-8-15-13-7-6-10-4-3-5-12(18-2)14(10)16(11)13/h3-8H,1-2H3. The van der Waals surface area contributed by atoms with Crippen LogP contribution in [0.3, 0.4) is 0 Å². The summed E-state index contributed by atoms with van der Waals surface area (Å²) in [6.45, 7) is 1.54. The van der Waals surface area contributed by atoms with Gasteiger partial charge in [0.25, 0.3) is 0 Å². The lowest BCUT2D eigenvalue weighted by Gasteiger charge is -2.09. The van der Waals surface area contributed by atoms with Gasteiger partial charge in [0.2, 0.25) is 0 Å². The van der Waals surface area contributed by atoms with Gasteiger partial charge >= 0.3 is 0 Å². The lowest BCUT2D eigenvalue weighted by Crippen LogP contribution is -2.01. The van der Waals surface area contributed by atoms with Crippen LogP contribution in [0.2, 0.25) is 0 Å². The number of aromatic nitrogens is 2. The molecule has 0 radical (unpaired) electrons. The van der Waals surface area contributed by atoms with Crippen molar-refractivity contribution in [1.82, 2.24) is 9.38 Å². The molecule has 18 heavy (non-hydrogen) atoms. The van der Waals surface area contributed by atoms with Crippen molar-refractivity contribution >= 4 is 22.3 Å². The fraction of sp³-hybridized carbons (Fsp3) is 0.143. The zero-order chi connectivity index (χ0) is 12.7. The molecular formula is C14H12N2O2. The minimum Gasteiger partial charge on any atom is -0.495 e. The number of para-hydroxylation sites is 1. The number of Topliss-reactive ketones (excluding diaryl/α,β-unsaturated/α-hetero) is 1. The van der Waals surface area contributed by atoms with Crippen molar-refractivity contribution in [1.29, 1.82) is 0 Å². The smallest absolute Gasteiger partial charge is 0.178 e. The first-order valence-electron chi connectivity index (χ1n) is 5.66. The molecule has 0 amide bonds. The van der Waals surface area contributed by atoms with Gasteiger partial charge in [-0.2, -0.15) is 0 Å². The Bertz CT molecular complexity index is 759. The lowest BCUT2D eigenvalue weighted by atomic mass is 10.2. The quantitative estimate of drug-likeness (QED) is 0.647. The number of hydrogen-bond donors (Lipinski definition) is 0. The maximum absolute atomic E-state index is 11.7. The van der Waals surface area contributed by atoms with Gasteiger partial charge in [-0.05, 0) is 18.2 Å². The highest BCUT2D eigenvalue weighted by Gasteiger charge is 2.13. The number of methoxy groups -OCH3 is 1. The van der Waals surface area contributed by atoms with Gasteiger partial charge < -0.3 is 4.74 Å². The van der Waals surface area contributed by atoms with E-state index in [1.807, 2.05) is 34.7 Å². The Balaban J connectivity index is 2.57. The molecule has 0 saturated heterocycles. The molecule has 0 aliphatic carbocycles. The van der Waals surface area contributed by atoms with Crippen LogP contribution in [0.15, 0.2) is 36.5 Å². The molecule has 0 unspecified atom stereocenters. The molecule has 2 aromatic heterocycles. The van der Waals surface area contributed by atoms with Gasteiger partial charge in [-0.3, -0.25) is 9.20 Å². The minimum absolute atomic E-state index is 0.0130. The molecule has 0 saturated carbocycles. The Morgan fingerprint density at radius 3 is 2.83 bits per heavy atom. The second-order valence-electron chi connectivity index (χ2n) is 4.12. The van der Waals surface area contributed by atoms with Crippen LogP contribution >= 0.6 is 0 Å². The third kappa shape index (κ3) is 1.39. The molecule has 3 aromatic rings. The average molecular weight is 240 g/mol. The number of imidazole rings is 1. The molecule has 0 spiro atoms. The Morgan fingerprint density at radius 2 is 2.11 bits per heavy atom. The monoisotopic (exact) mass is 240 g/mol. The number of benzene rings is 1. The summed E-state index contributed by atoms with van der Waals surface area (Å²) in [5.41, 5.74) is 2.19. The number of pyridine rings is 1. The summed E-state index contributed by atoms with van der Waals surface area (Å²) in [6.07, 6.45) is 1.60. The predicted molar refractivity (Wildman–Crippen MR) is 69.3 cm³/mol. The fourth-order valence-electron chi connectivity index (χ4n) is 2.21. The van der Waals surface area contributed by atoms with Gasteiger partial charge in [-0.25, -0.2) is 4.98 Å². The van der Waals surface area contributed by atoms with Crippen molar-refractivity contribution in [3.8, 4) is 5.75 Å². The number of fused-ring (bicyclic) bond motifs is 3. The maximum atomic E-state index is 11.7. The zero-order valence-electron chi connectivity index (χ0n) is 10.2. The van der Waals surface area contributed by atoms with E-state index in [9.17, 15) is 4.79 Å². The predicted octanol–water partition coefficient (Wildman–Crippen LogP) is 2.70. The molecule has 1 aromatic carbocycles. The summed E-state index contributed by atoms with van der Waals surface area (Å²) in [6, 6.07) is 9.67. The van der Waals surface area contributed by atoms with E-state index in [4.69, 9.17) is 4.74 Å². The molecule has 3 rings (SSSR count). The van der Waals surface area contributed by atoms with Crippen molar-refractivity contribution in [3.05, 3.63) is 42.2 Å². The number of rotatable bonds is 2. The highest BCUT2D eigenvalue weighted by Crippen LogP contribution is 2.27. The van der Waals surface area contributed by atoms with Gasteiger partial charge in [0.05, 0.1) is 18.8 Å². The number of nitrogens with zero attached hydrogens (tertiary/aromatic N) is 2. The van der Waals surface area contributed by atoms with Crippen molar-refractivity contribution < 1.29 is 9.53 Å². The first-order chi connectivity index (χ1) is 8.72. The molecule has 0 aliphatic rings. The number of hydrogen-bond acceptors (Lipinski definition) is 3. The first-order valence-corrected chi connectivity index (χ1v) is 5.66. The van der Waals surface area contributed by atoms with Gasteiger partial charge in [0.1, 0.15) is 17.1 Å². The Morgan fingerprint density at radius 1 is 1.28 bits per heavy atom. The highest BCUT2D eigenvalue weighted by atomic mass is 16.5. The summed E-state index contributed by atoms with van der Waals surface area (Å²) < 4.78 is 7.22. The summed E-state index contributed by atoms with van der Waals surface area (Å²) in [4.78, 5) is 15.9. The molecule has 2 heterocycles. The molecule has 90 valence electrons. The van der Waals surface area contributed by atoms with Crippen LogP contribution in [0, 0.1) is 0 Å². The summed E-state index contributed by atoms with van der Waals surface area (Å²) in [5.74, 6) is 0.722. The van der Waals surface area contributed by atoms with E-state index in [1.54, 1.807) is 13.3 Å². The van der Waals surface area contributed by atoms with Gasteiger partial charge in [-0.15, -0.1) is 0 Å². The molecule has 0 atom stereocenters. The van der Waals surface area contributed by atoms with E-state index >= 15 is 0 Å². The average Bonchev–Trinajstić information content (AvgIpc) is 2.81. The van der Waals surface area contributed by atoms with Crippen molar-refractivity contribution in [2.45, 2.75) is 6.92 Å². The van der Waals surface area contributed by atoms with Crippen molar-refractivity contribution in [3.63, 3.8) is 0 Å². The Labute approximate surface area is 104 Å².